The van der Waals surface area contributed by atoms with E-state index in [1.165, 1.54) is 11.8 Å². The van der Waals surface area contributed by atoms with Crippen LogP contribution in [0.3, 0.4) is 0 Å². The Labute approximate surface area is 185 Å². The van der Waals surface area contributed by atoms with Crippen molar-refractivity contribution in [2.45, 2.75) is 13.1 Å². The highest BCUT2D eigenvalue weighted by atomic mass is 32.2. The van der Waals surface area contributed by atoms with E-state index in [2.05, 4.69) is 0 Å². The second-order valence-electron chi connectivity index (χ2n) is 7.18. The second-order valence-corrected chi connectivity index (χ2v) is 8.19. The number of fused-ring (bicyclic) bond motifs is 1. The number of amides is 1. The summed E-state index contributed by atoms with van der Waals surface area (Å²) in [7, 11) is 0. The Morgan fingerprint density at radius 1 is 0.903 bits per heavy atom. The number of benzene rings is 3. The number of hydrogen-bond acceptors (Lipinski definition) is 5. The lowest BCUT2D eigenvalue weighted by Gasteiger charge is -2.15. The van der Waals surface area contributed by atoms with Gasteiger partial charge in [0.15, 0.2) is 16.7 Å². The van der Waals surface area contributed by atoms with Gasteiger partial charge in [0.2, 0.25) is 6.79 Å². The number of carbonyl (C=O) groups is 1. The smallest absolute Gasteiger partial charge is 0.267 e. The molecule has 5 nitrogen and oxygen atoms in total. The standard InChI is InChI=1S/C25H20N2O3S/c28-24-23(14-20-11-12-21-22(13-20)30-17-29-21)31-25(26-15-18-7-3-1-4-8-18)27(24)16-19-9-5-2-6-10-19/h1-14H,15-17H2. The first-order chi connectivity index (χ1) is 15.3. The van der Waals surface area contributed by atoms with Crippen molar-refractivity contribution in [3.05, 3.63) is 100 Å². The molecule has 0 aromatic heterocycles. The normalized spacial score (nSPS) is 17.7. The van der Waals surface area contributed by atoms with Gasteiger partial charge in [0, 0.05) is 0 Å². The van der Waals surface area contributed by atoms with Crippen molar-refractivity contribution in [1.82, 2.24) is 4.90 Å². The minimum atomic E-state index is -0.0432. The van der Waals surface area contributed by atoms with Crippen LogP contribution in [0, 0.1) is 0 Å². The first-order valence-electron chi connectivity index (χ1n) is 10.00. The van der Waals surface area contributed by atoms with Crippen molar-refractivity contribution in [2.24, 2.45) is 4.99 Å². The number of ether oxygens (including phenoxy) is 2. The number of amidine groups is 1. The molecular formula is C25H20N2O3S. The van der Waals surface area contributed by atoms with Crippen LogP contribution in [0.5, 0.6) is 11.5 Å². The zero-order valence-electron chi connectivity index (χ0n) is 16.7. The summed E-state index contributed by atoms with van der Waals surface area (Å²) >= 11 is 1.41. The average molecular weight is 429 g/mol. The van der Waals surface area contributed by atoms with E-state index in [0.717, 1.165) is 22.4 Å². The van der Waals surface area contributed by atoms with E-state index < -0.39 is 0 Å². The molecule has 2 heterocycles. The molecule has 3 aromatic carbocycles. The SMILES string of the molecule is O=C1C(=Cc2ccc3c(c2)OCO3)SC(=NCc2ccccc2)N1Cc1ccccc1. The molecule has 0 saturated carbocycles. The van der Waals surface area contributed by atoms with Crippen molar-refractivity contribution in [3.8, 4) is 11.5 Å². The molecule has 6 heteroatoms. The fourth-order valence-electron chi connectivity index (χ4n) is 3.43. The molecule has 0 N–H and O–H groups in total. The molecule has 0 radical (unpaired) electrons. The fraction of sp³-hybridized carbons (Fsp3) is 0.120. The number of thioether (sulfide) groups is 1. The third-order valence-corrected chi connectivity index (χ3v) is 6.05. The van der Waals surface area contributed by atoms with Crippen molar-refractivity contribution in [3.63, 3.8) is 0 Å². The predicted molar refractivity (Wildman–Crippen MR) is 123 cm³/mol. The van der Waals surface area contributed by atoms with Crippen LogP contribution in [-0.2, 0) is 17.9 Å². The maximum atomic E-state index is 13.3. The van der Waals surface area contributed by atoms with E-state index in [0.29, 0.717) is 28.9 Å². The van der Waals surface area contributed by atoms with Crippen molar-refractivity contribution < 1.29 is 14.3 Å². The van der Waals surface area contributed by atoms with E-state index in [4.69, 9.17) is 14.5 Å². The highest BCUT2D eigenvalue weighted by Gasteiger charge is 2.33. The van der Waals surface area contributed by atoms with Crippen LogP contribution >= 0.6 is 11.8 Å². The molecule has 0 unspecified atom stereocenters. The molecule has 0 bridgehead atoms. The third kappa shape index (κ3) is 4.34. The van der Waals surface area contributed by atoms with Crippen LogP contribution < -0.4 is 9.47 Å². The van der Waals surface area contributed by atoms with Crippen LogP contribution in [0.25, 0.3) is 6.08 Å². The number of aliphatic imine (C=N–C) groups is 1. The van der Waals surface area contributed by atoms with Crippen LogP contribution in [0.15, 0.2) is 88.8 Å². The van der Waals surface area contributed by atoms with Crippen molar-refractivity contribution >= 4 is 28.9 Å². The van der Waals surface area contributed by atoms with E-state index in [1.54, 1.807) is 4.90 Å². The van der Waals surface area contributed by atoms with Gasteiger partial charge in [0.05, 0.1) is 18.0 Å². The lowest BCUT2D eigenvalue weighted by atomic mass is 10.2. The van der Waals surface area contributed by atoms with Gasteiger partial charge < -0.3 is 9.47 Å². The minimum Gasteiger partial charge on any atom is -0.454 e. The molecular weight excluding hydrogens is 408 g/mol. The van der Waals surface area contributed by atoms with E-state index >= 15 is 0 Å². The lowest BCUT2D eigenvalue weighted by Crippen LogP contribution is -2.28. The maximum Gasteiger partial charge on any atom is 0.267 e. The highest BCUT2D eigenvalue weighted by Crippen LogP contribution is 2.37. The van der Waals surface area contributed by atoms with Gasteiger partial charge in [-0.05, 0) is 46.7 Å². The molecule has 2 aliphatic rings. The summed E-state index contributed by atoms with van der Waals surface area (Å²) in [6.07, 6.45) is 1.89. The highest BCUT2D eigenvalue weighted by molar-refractivity contribution is 8.18. The summed E-state index contributed by atoms with van der Waals surface area (Å²) in [4.78, 5) is 20.4. The quantitative estimate of drug-likeness (QED) is 0.532. The molecule has 1 saturated heterocycles. The van der Waals surface area contributed by atoms with Gasteiger partial charge in [0.1, 0.15) is 0 Å². The summed E-state index contributed by atoms with van der Waals surface area (Å²) in [5.74, 6) is 1.38. The Balaban J connectivity index is 1.44. The summed E-state index contributed by atoms with van der Waals surface area (Å²) in [6.45, 7) is 1.24. The van der Waals surface area contributed by atoms with Gasteiger partial charge in [0.25, 0.3) is 5.91 Å². The monoisotopic (exact) mass is 428 g/mol. The molecule has 154 valence electrons. The largest absolute Gasteiger partial charge is 0.454 e. The van der Waals surface area contributed by atoms with Gasteiger partial charge in [-0.3, -0.25) is 14.7 Å². The van der Waals surface area contributed by atoms with Gasteiger partial charge in [-0.25, -0.2) is 0 Å². The second kappa shape index (κ2) is 8.70. The molecule has 1 amide bonds. The van der Waals surface area contributed by atoms with Crippen molar-refractivity contribution in [2.75, 3.05) is 6.79 Å². The summed E-state index contributed by atoms with van der Waals surface area (Å²) in [5.41, 5.74) is 3.06. The molecule has 1 fully saturated rings. The lowest BCUT2D eigenvalue weighted by molar-refractivity contribution is -0.122. The Morgan fingerprint density at radius 2 is 1.61 bits per heavy atom. The summed E-state index contributed by atoms with van der Waals surface area (Å²) in [6, 6.07) is 25.7. The minimum absolute atomic E-state index is 0.0432. The van der Waals surface area contributed by atoms with Crippen LogP contribution in [0.2, 0.25) is 0 Å². The topological polar surface area (TPSA) is 51.1 Å². The maximum absolute atomic E-state index is 13.3. The Hall–Kier alpha value is -3.51. The van der Waals surface area contributed by atoms with Gasteiger partial charge in [-0.1, -0.05) is 66.7 Å². The molecule has 0 aliphatic carbocycles. The Morgan fingerprint density at radius 3 is 2.39 bits per heavy atom. The Kier molecular flexibility index (Phi) is 5.46. The molecule has 0 spiro atoms. The summed E-state index contributed by atoms with van der Waals surface area (Å²) in [5, 5.41) is 0.713. The first kappa shape index (κ1) is 19.5. The van der Waals surface area contributed by atoms with Crippen molar-refractivity contribution in [1.29, 1.82) is 0 Å². The van der Waals surface area contributed by atoms with E-state index in [9.17, 15) is 4.79 Å². The van der Waals surface area contributed by atoms with Gasteiger partial charge >= 0.3 is 0 Å². The van der Waals surface area contributed by atoms with Crippen LogP contribution in [0.1, 0.15) is 16.7 Å². The Bertz CT molecular complexity index is 1160. The zero-order valence-corrected chi connectivity index (χ0v) is 17.5. The van der Waals surface area contributed by atoms with Gasteiger partial charge in [-0.15, -0.1) is 0 Å². The average Bonchev–Trinajstić information content (AvgIpc) is 3.39. The molecule has 5 rings (SSSR count). The van der Waals surface area contributed by atoms with Crippen LogP contribution in [-0.4, -0.2) is 22.8 Å². The molecule has 2 aliphatic heterocycles. The zero-order chi connectivity index (χ0) is 21.0. The first-order valence-corrected chi connectivity index (χ1v) is 10.8. The number of rotatable bonds is 5. The van der Waals surface area contributed by atoms with E-state index in [-0.39, 0.29) is 12.7 Å². The fourth-order valence-corrected chi connectivity index (χ4v) is 4.40. The van der Waals surface area contributed by atoms with Crippen LogP contribution in [0.4, 0.5) is 0 Å². The number of nitrogens with zero attached hydrogens (tertiary/aromatic N) is 2. The van der Waals surface area contributed by atoms with Gasteiger partial charge in [-0.2, -0.15) is 0 Å². The number of carbonyl (C=O) groups excluding carboxylic acids is 1. The number of hydrogen-bond donors (Lipinski definition) is 0. The molecule has 3 aromatic rings. The third-order valence-electron chi connectivity index (χ3n) is 5.01. The molecule has 0 atom stereocenters. The molecule has 31 heavy (non-hydrogen) atoms. The summed E-state index contributed by atoms with van der Waals surface area (Å²) < 4.78 is 10.8. The van der Waals surface area contributed by atoms with E-state index in [1.807, 2.05) is 84.9 Å². The predicted octanol–water partition coefficient (Wildman–Crippen LogP) is 5.09.